The number of halogens is 1. The number of rotatable bonds is 3. The fourth-order valence-electron chi connectivity index (χ4n) is 2.65. The minimum Gasteiger partial charge on any atom is -0.342 e. The van der Waals surface area contributed by atoms with Crippen molar-refractivity contribution in [2.45, 2.75) is 26.8 Å². The van der Waals surface area contributed by atoms with Crippen molar-refractivity contribution in [3.8, 4) is 0 Å². The lowest BCUT2D eigenvalue weighted by atomic mass is 10.1. The Balaban J connectivity index is 1.98. The molecule has 0 atom stereocenters. The lowest BCUT2D eigenvalue weighted by Gasteiger charge is -2.08. The van der Waals surface area contributed by atoms with E-state index in [0.717, 1.165) is 23.5 Å². The standard InChI is InChI=1S/C18H18ClN/c1-3-14-4-6-15(7-5-14)12-20-9-8-16-10-13(2)11-17(19)18(16)20/h4-11H,3,12H2,1-2H3. The van der Waals surface area contributed by atoms with Crippen LogP contribution in [0.5, 0.6) is 0 Å². The van der Waals surface area contributed by atoms with E-state index >= 15 is 0 Å². The Hall–Kier alpha value is -1.73. The molecule has 0 N–H and O–H groups in total. The Morgan fingerprint density at radius 1 is 1.00 bits per heavy atom. The van der Waals surface area contributed by atoms with Gasteiger partial charge in [0.2, 0.25) is 0 Å². The lowest BCUT2D eigenvalue weighted by Crippen LogP contribution is -1.98. The van der Waals surface area contributed by atoms with E-state index in [4.69, 9.17) is 11.6 Å². The molecule has 3 rings (SSSR count). The first-order valence-corrected chi connectivity index (χ1v) is 7.38. The van der Waals surface area contributed by atoms with Gasteiger partial charge in [0, 0.05) is 18.1 Å². The van der Waals surface area contributed by atoms with Crippen LogP contribution in [0.1, 0.15) is 23.6 Å². The number of hydrogen-bond donors (Lipinski definition) is 0. The Morgan fingerprint density at radius 2 is 1.70 bits per heavy atom. The molecule has 0 bridgehead atoms. The molecule has 0 aliphatic carbocycles. The van der Waals surface area contributed by atoms with E-state index in [9.17, 15) is 0 Å². The third-order valence-electron chi connectivity index (χ3n) is 3.74. The second-order valence-electron chi connectivity index (χ2n) is 5.30. The maximum atomic E-state index is 6.40. The molecule has 0 unspecified atom stereocenters. The molecule has 0 saturated carbocycles. The Morgan fingerprint density at radius 3 is 2.40 bits per heavy atom. The summed E-state index contributed by atoms with van der Waals surface area (Å²) in [5, 5.41) is 2.04. The molecular weight excluding hydrogens is 266 g/mol. The summed E-state index contributed by atoms with van der Waals surface area (Å²) in [6.45, 7) is 5.11. The predicted molar refractivity (Wildman–Crippen MR) is 86.6 cm³/mol. The number of hydrogen-bond acceptors (Lipinski definition) is 0. The molecule has 102 valence electrons. The lowest BCUT2D eigenvalue weighted by molar-refractivity contribution is 0.836. The Kier molecular flexibility index (Phi) is 3.54. The molecule has 0 saturated heterocycles. The summed E-state index contributed by atoms with van der Waals surface area (Å²) in [7, 11) is 0. The van der Waals surface area contributed by atoms with Crippen LogP contribution in [0.25, 0.3) is 10.9 Å². The van der Waals surface area contributed by atoms with E-state index in [-0.39, 0.29) is 0 Å². The van der Waals surface area contributed by atoms with Gasteiger partial charge in [-0.1, -0.05) is 42.8 Å². The van der Waals surface area contributed by atoms with Crippen molar-refractivity contribution in [2.24, 2.45) is 0 Å². The molecule has 1 nitrogen and oxygen atoms in total. The highest BCUT2D eigenvalue weighted by molar-refractivity contribution is 6.35. The number of benzene rings is 2. The van der Waals surface area contributed by atoms with Crippen molar-refractivity contribution in [3.05, 3.63) is 70.4 Å². The van der Waals surface area contributed by atoms with E-state index in [1.165, 1.54) is 22.1 Å². The highest BCUT2D eigenvalue weighted by atomic mass is 35.5. The summed E-state index contributed by atoms with van der Waals surface area (Å²) in [5.74, 6) is 0. The van der Waals surface area contributed by atoms with Gasteiger partial charge in [0.1, 0.15) is 0 Å². The van der Waals surface area contributed by atoms with E-state index in [2.05, 4.69) is 61.0 Å². The zero-order valence-corrected chi connectivity index (χ0v) is 12.6. The first-order chi connectivity index (χ1) is 9.67. The van der Waals surface area contributed by atoms with Crippen molar-refractivity contribution < 1.29 is 0 Å². The largest absolute Gasteiger partial charge is 0.342 e. The zero-order valence-electron chi connectivity index (χ0n) is 11.9. The molecule has 1 aromatic heterocycles. The fourth-order valence-corrected chi connectivity index (χ4v) is 3.03. The highest BCUT2D eigenvalue weighted by Crippen LogP contribution is 2.27. The summed E-state index contributed by atoms with van der Waals surface area (Å²) in [6, 6.07) is 15.1. The van der Waals surface area contributed by atoms with Crippen LogP contribution in [-0.4, -0.2) is 4.57 Å². The van der Waals surface area contributed by atoms with Crippen molar-refractivity contribution in [1.82, 2.24) is 4.57 Å². The van der Waals surface area contributed by atoms with Crippen LogP contribution in [0.15, 0.2) is 48.7 Å². The Bertz CT molecular complexity index is 738. The third-order valence-corrected chi connectivity index (χ3v) is 4.03. The van der Waals surface area contributed by atoms with Gasteiger partial charge in [-0.2, -0.15) is 0 Å². The number of aryl methyl sites for hydroxylation is 2. The maximum absolute atomic E-state index is 6.40. The first-order valence-electron chi connectivity index (χ1n) is 7.00. The molecule has 0 radical (unpaired) electrons. The van der Waals surface area contributed by atoms with Crippen molar-refractivity contribution in [2.75, 3.05) is 0 Å². The van der Waals surface area contributed by atoms with Crippen LogP contribution in [0.2, 0.25) is 5.02 Å². The SMILES string of the molecule is CCc1ccc(Cn2ccc3cc(C)cc(Cl)c32)cc1. The molecule has 20 heavy (non-hydrogen) atoms. The third kappa shape index (κ3) is 2.46. The predicted octanol–water partition coefficient (Wildman–Crippen LogP) is 5.21. The molecule has 0 fully saturated rings. The average molecular weight is 284 g/mol. The van der Waals surface area contributed by atoms with E-state index in [1.807, 2.05) is 6.07 Å². The topological polar surface area (TPSA) is 4.93 Å². The zero-order chi connectivity index (χ0) is 14.1. The summed E-state index contributed by atoms with van der Waals surface area (Å²) in [6.07, 6.45) is 3.20. The number of nitrogens with zero attached hydrogens (tertiary/aromatic N) is 1. The summed E-state index contributed by atoms with van der Waals surface area (Å²) in [5.41, 5.74) is 5.00. The van der Waals surface area contributed by atoms with Gasteiger partial charge in [0.25, 0.3) is 0 Å². The summed E-state index contributed by atoms with van der Waals surface area (Å²) in [4.78, 5) is 0. The minimum atomic E-state index is 0.829. The number of fused-ring (bicyclic) bond motifs is 1. The van der Waals surface area contributed by atoms with Crippen LogP contribution >= 0.6 is 11.6 Å². The van der Waals surface area contributed by atoms with Crippen LogP contribution in [-0.2, 0) is 13.0 Å². The van der Waals surface area contributed by atoms with Crippen molar-refractivity contribution in [1.29, 1.82) is 0 Å². The van der Waals surface area contributed by atoms with Gasteiger partial charge in [0.05, 0.1) is 10.5 Å². The van der Waals surface area contributed by atoms with Gasteiger partial charge in [0.15, 0.2) is 0 Å². The molecule has 1 heterocycles. The highest BCUT2D eigenvalue weighted by Gasteiger charge is 2.07. The van der Waals surface area contributed by atoms with E-state index in [0.29, 0.717) is 0 Å². The van der Waals surface area contributed by atoms with Gasteiger partial charge in [-0.05, 0) is 48.2 Å². The van der Waals surface area contributed by atoms with Crippen LogP contribution in [0.4, 0.5) is 0 Å². The average Bonchev–Trinajstić information content (AvgIpc) is 2.82. The Labute approximate surface area is 124 Å². The van der Waals surface area contributed by atoms with Gasteiger partial charge in [-0.3, -0.25) is 0 Å². The van der Waals surface area contributed by atoms with Crippen LogP contribution in [0, 0.1) is 6.92 Å². The van der Waals surface area contributed by atoms with Gasteiger partial charge >= 0.3 is 0 Å². The maximum Gasteiger partial charge on any atom is 0.0672 e. The fraction of sp³-hybridized carbons (Fsp3) is 0.222. The van der Waals surface area contributed by atoms with Gasteiger partial charge in [-0.15, -0.1) is 0 Å². The van der Waals surface area contributed by atoms with Gasteiger partial charge < -0.3 is 4.57 Å². The first kappa shape index (κ1) is 13.3. The molecular formula is C18H18ClN. The molecule has 0 aliphatic rings. The monoisotopic (exact) mass is 283 g/mol. The van der Waals surface area contributed by atoms with E-state index < -0.39 is 0 Å². The molecule has 2 aromatic carbocycles. The second-order valence-corrected chi connectivity index (χ2v) is 5.71. The molecule has 3 aromatic rings. The summed E-state index contributed by atoms with van der Waals surface area (Å²) < 4.78 is 2.22. The molecule has 0 aliphatic heterocycles. The van der Waals surface area contributed by atoms with Gasteiger partial charge in [-0.25, -0.2) is 0 Å². The number of aromatic nitrogens is 1. The normalized spacial score (nSPS) is 11.2. The van der Waals surface area contributed by atoms with E-state index in [1.54, 1.807) is 0 Å². The van der Waals surface area contributed by atoms with Crippen LogP contribution in [0.3, 0.4) is 0 Å². The second kappa shape index (κ2) is 5.34. The molecule has 0 spiro atoms. The van der Waals surface area contributed by atoms with Crippen LogP contribution < -0.4 is 0 Å². The van der Waals surface area contributed by atoms with Crippen molar-refractivity contribution in [3.63, 3.8) is 0 Å². The summed E-state index contributed by atoms with van der Waals surface area (Å²) >= 11 is 6.40. The smallest absolute Gasteiger partial charge is 0.0672 e. The minimum absolute atomic E-state index is 0.829. The van der Waals surface area contributed by atoms with Crippen molar-refractivity contribution >= 4 is 22.5 Å². The molecule has 0 amide bonds. The molecule has 2 heteroatoms. The quantitative estimate of drug-likeness (QED) is 0.621.